The molecule has 1 fully saturated rings. The molecule has 0 spiro atoms. The molecule has 232 valence electrons. The molecule has 5 rings (SSSR count). The number of carboxylic acid groups (broad SMARTS) is 1. The zero-order chi connectivity index (χ0) is 31.2. The predicted molar refractivity (Wildman–Crippen MR) is 176 cm³/mol. The second kappa shape index (κ2) is 14.2. The van der Waals surface area contributed by atoms with Gasteiger partial charge in [0.05, 0.1) is 19.4 Å². The third-order valence-corrected chi connectivity index (χ3v) is 9.09. The summed E-state index contributed by atoms with van der Waals surface area (Å²) < 4.78 is 12.9. The van der Waals surface area contributed by atoms with Crippen LogP contribution in [-0.2, 0) is 30.5 Å². The standard InChI is InChI=1S/C37H45N3O4/c1-6-44-36-35(37(41)42)22-38-40(36)27(4)12-7-10-25(2)32-14-8-11-26(3)33(32)18-17-29-15-16-30-23-39(20-19-34(30)28(29)5)31-13-9-21-43-24-31/h7-8,10-12,14-16,22,31H,2,6,9,13,17-21,23-24H2,1,3-5H3,(H,41,42)/b10-7-,27-12+. The van der Waals surface area contributed by atoms with Gasteiger partial charge in [-0.15, -0.1) is 0 Å². The summed E-state index contributed by atoms with van der Waals surface area (Å²) in [5.41, 5.74) is 11.3. The SMILES string of the molecule is C=C(/C=C\C=C(/C)n1ncc(C(=O)O)c1OCC)c1cccc(C)c1CCc1ccc2c(c1C)CCN(C1CCCOC1)C2. The van der Waals surface area contributed by atoms with Crippen LogP contribution < -0.4 is 4.74 Å². The first-order chi connectivity index (χ1) is 21.3. The monoisotopic (exact) mass is 595 g/mol. The van der Waals surface area contributed by atoms with E-state index in [0.29, 0.717) is 12.6 Å². The number of hydrogen-bond acceptors (Lipinski definition) is 5. The molecule has 3 aromatic rings. The summed E-state index contributed by atoms with van der Waals surface area (Å²) in [5.74, 6) is -0.832. The van der Waals surface area contributed by atoms with Crippen LogP contribution in [0, 0.1) is 13.8 Å². The number of carboxylic acids is 1. The van der Waals surface area contributed by atoms with Crippen molar-refractivity contribution in [3.05, 3.63) is 106 Å². The molecule has 7 heteroatoms. The fourth-order valence-electron chi connectivity index (χ4n) is 6.57. The highest BCUT2D eigenvalue weighted by molar-refractivity contribution is 5.90. The largest absolute Gasteiger partial charge is 0.477 e. The molecule has 0 saturated carbocycles. The maximum absolute atomic E-state index is 11.6. The summed E-state index contributed by atoms with van der Waals surface area (Å²) in [6.45, 7) is 16.8. The Morgan fingerprint density at radius 1 is 1.20 bits per heavy atom. The molecule has 2 aliphatic rings. The third-order valence-electron chi connectivity index (χ3n) is 9.09. The van der Waals surface area contributed by atoms with Crippen LogP contribution in [0.2, 0.25) is 0 Å². The molecule has 1 unspecified atom stereocenters. The van der Waals surface area contributed by atoms with Crippen LogP contribution in [-0.4, -0.2) is 58.2 Å². The zero-order valence-electron chi connectivity index (χ0n) is 26.6. The molecular formula is C37H45N3O4. The second-order valence-electron chi connectivity index (χ2n) is 11.9. The van der Waals surface area contributed by atoms with Gasteiger partial charge >= 0.3 is 5.97 Å². The molecule has 2 aromatic carbocycles. The fourth-order valence-corrected chi connectivity index (χ4v) is 6.57. The number of fused-ring (bicyclic) bond motifs is 1. The average molecular weight is 596 g/mol. The smallest absolute Gasteiger partial charge is 0.342 e. The number of carbonyl (C=O) groups is 1. The number of aromatic nitrogens is 2. The van der Waals surface area contributed by atoms with E-state index in [1.54, 1.807) is 0 Å². The molecule has 0 bridgehead atoms. The van der Waals surface area contributed by atoms with Crippen LogP contribution in [0.3, 0.4) is 0 Å². The Hall–Kier alpha value is -3.94. The van der Waals surface area contributed by atoms with Crippen LogP contribution >= 0.6 is 0 Å². The summed E-state index contributed by atoms with van der Waals surface area (Å²) in [7, 11) is 0. The molecule has 0 radical (unpaired) electrons. The van der Waals surface area contributed by atoms with Gasteiger partial charge in [-0.2, -0.15) is 5.10 Å². The van der Waals surface area contributed by atoms with Crippen molar-refractivity contribution in [1.29, 1.82) is 0 Å². The van der Waals surface area contributed by atoms with E-state index >= 15 is 0 Å². The summed E-state index contributed by atoms with van der Waals surface area (Å²) in [5, 5.41) is 13.7. The molecule has 1 aromatic heterocycles. The number of aromatic carboxylic acids is 1. The van der Waals surface area contributed by atoms with E-state index in [-0.39, 0.29) is 11.4 Å². The van der Waals surface area contributed by atoms with E-state index in [1.807, 2.05) is 32.1 Å². The molecule has 44 heavy (non-hydrogen) atoms. The van der Waals surface area contributed by atoms with Gasteiger partial charge < -0.3 is 14.6 Å². The van der Waals surface area contributed by atoms with Crippen LogP contribution in [0.5, 0.6) is 5.88 Å². The number of allylic oxidation sites excluding steroid dienone is 5. The predicted octanol–water partition coefficient (Wildman–Crippen LogP) is 7.05. The maximum Gasteiger partial charge on any atom is 0.342 e. The van der Waals surface area contributed by atoms with Gasteiger partial charge in [0.2, 0.25) is 5.88 Å². The van der Waals surface area contributed by atoms with Crippen molar-refractivity contribution in [3.8, 4) is 5.88 Å². The van der Waals surface area contributed by atoms with E-state index in [2.05, 4.69) is 60.8 Å². The number of hydrogen-bond donors (Lipinski definition) is 1. The van der Waals surface area contributed by atoms with Crippen molar-refractivity contribution in [2.24, 2.45) is 0 Å². The van der Waals surface area contributed by atoms with Gasteiger partial charge in [-0.3, -0.25) is 4.90 Å². The number of rotatable bonds is 11. The van der Waals surface area contributed by atoms with Gasteiger partial charge in [0.25, 0.3) is 0 Å². The second-order valence-corrected chi connectivity index (χ2v) is 11.9. The Kier molecular flexibility index (Phi) is 10.2. The van der Waals surface area contributed by atoms with E-state index in [0.717, 1.165) is 62.4 Å². The number of ether oxygens (including phenoxy) is 2. The van der Waals surface area contributed by atoms with Crippen LogP contribution in [0.25, 0.3) is 11.3 Å². The van der Waals surface area contributed by atoms with Crippen LogP contribution in [0.4, 0.5) is 0 Å². The molecule has 0 aliphatic carbocycles. The highest BCUT2D eigenvalue weighted by Crippen LogP contribution is 2.30. The van der Waals surface area contributed by atoms with Crippen molar-refractivity contribution >= 4 is 17.2 Å². The van der Waals surface area contributed by atoms with Crippen molar-refractivity contribution in [1.82, 2.24) is 14.7 Å². The topological polar surface area (TPSA) is 76.8 Å². The van der Waals surface area contributed by atoms with Crippen molar-refractivity contribution in [2.75, 3.05) is 26.4 Å². The Morgan fingerprint density at radius 2 is 2.05 bits per heavy atom. The van der Waals surface area contributed by atoms with E-state index in [9.17, 15) is 9.90 Å². The minimum absolute atomic E-state index is 0.0445. The van der Waals surface area contributed by atoms with Gasteiger partial charge in [0.1, 0.15) is 5.56 Å². The zero-order valence-corrected chi connectivity index (χ0v) is 26.6. The summed E-state index contributed by atoms with van der Waals surface area (Å²) in [4.78, 5) is 14.2. The van der Waals surface area contributed by atoms with Crippen molar-refractivity contribution in [2.45, 2.75) is 72.4 Å². The van der Waals surface area contributed by atoms with Crippen LogP contribution in [0.15, 0.2) is 61.3 Å². The lowest BCUT2D eigenvalue weighted by Crippen LogP contribution is -2.44. The molecule has 0 amide bonds. The average Bonchev–Trinajstić information content (AvgIpc) is 3.45. The van der Waals surface area contributed by atoms with Gasteiger partial charge in [-0.05, 0) is 110 Å². The van der Waals surface area contributed by atoms with Crippen LogP contribution in [0.1, 0.15) is 76.0 Å². The molecule has 2 aliphatic heterocycles. The minimum atomic E-state index is -1.06. The number of benzene rings is 2. The van der Waals surface area contributed by atoms with Gasteiger partial charge in [-0.25, -0.2) is 9.48 Å². The Balaban J connectivity index is 1.28. The first kappa shape index (κ1) is 31.5. The van der Waals surface area contributed by atoms with E-state index in [1.165, 1.54) is 57.1 Å². The normalized spacial score (nSPS) is 17.5. The molecule has 1 atom stereocenters. The van der Waals surface area contributed by atoms with Gasteiger partial charge in [0.15, 0.2) is 0 Å². The van der Waals surface area contributed by atoms with Crippen molar-refractivity contribution < 1.29 is 19.4 Å². The number of nitrogens with zero attached hydrogens (tertiary/aromatic N) is 3. The quantitative estimate of drug-likeness (QED) is 0.240. The molecular weight excluding hydrogens is 550 g/mol. The Morgan fingerprint density at radius 3 is 2.80 bits per heavy atom. The highest BCUT2D eigenvalue weighted by Gasteiger charge is 2.26. The van der Waals surface area contributed by atoms with Crippen molar-refractivity contribution in [3.63, 3.8) is 0 Å². The first-order valence-electron chi connectivity index (χ1n) is 15.8. The lowest BCUT2D eigenvalue weighted by molar-refractivity contribution is 0.0125. The van der Waals surface area contributed by atoms with Gasteiger partial charge in [0, 0.05) is 31.4 Å². The minimum Gasteiger partial charge on any atom is -0.477 e. The Bertz CT molecular complexity index is 1580. The summed E-state index contributed by atoms with van der Waals surface area (Å²) >= 11 is 0. The molecule has 3 heterocycles. The number of aryl methyl sites for hydroxylation is 2. The summed E-state index contributed by atoms with van der Waals surface area (Å²) in [6.07, 6.45) is 12.6. The third kappa shape index (κ3) is 6.90. The lowest BCUT2D eigenvalue weighted by Gasteiger charge is -2.38. The van der Waals surface area contributed by atoms with E-state index in [4.69, 9.17) is 9.47 Å². The Labute approximate surface area is 261 Å². The van der Waals surface area contributed by atoms with E-state index < -0.39 is 5.97 Å². The first-order valence-corrected chi connectivity index (χ1v) is 15.8. The van der Waals surface area contributed by atoms with Gasteiger partial charge in [-0.1, -0.05) is 49.1 Å². The highest BCUT2D eigenvalue weighted by atomic mass is 16.5. The molecule has 1 saturated heterocycles. The molecule has 1 N–H and O–H groups in total. The lowest BCUT2D eigenvalue weighted by atomic mass is 9.87. The summed E-state index contributed by atoms with van der Waals surface area (Å²) in [6, 6.07) is 11.7. The molecule has 7 nitrogen and oxygen atoms in total. The maximum atomic E-state index is 11.6. The fraction of sp³-hybridized carbons (Fsp3) is 0.405.